The number of nitrogens with one attached hydrogen (secondary N) is 1. The summed E-state index contributed by atoms with van der Waals surface area (Å²) in [5, 5.41) is 3.42. The maximum Gasteiger partial charge on any atom is 0.321 e. The van der Waals surface area contributed by atoms with Gasteiger partial charge in [0.05, 0.1) is 0 Å². The van der Waals surface area contributed by atoms with E-state index >= 15 is 0 Å². The van der Waals surface area contributed by atoms with Crippen LogP contribution in [-0.4, -0.2) is 29.8 Å². The van der Waals surface area contributed by atoms with Gasteiger partial charge >= 0.3 is 6.03 Å². The van der Waals surface area contributed by atoms with Gasteiger partial charge in [0, 0.05) is 35.3 Å². The van der Waals surface area contributed by atoms with Gasteiger partial charge in [0.2, 0.25) is 0 Å². The molecule has 4 nitrogen and oxygen atoms in total. The van der Waals surface area contributed by atoms with Crippen molar-refractivity contribution in [3.63, 3.8) is 0 Å². The van der Waals surface area contributed by atoms with Gasteiger partial charge in [-0.05, 0) is 31.0 Å². The van der Waals surface area contributed by atoms with E-state index in [2.05, 4.69) is 5.32 Å². The molecule has 1 aliphatic rings. The number of carbonyl (C=O) groups is 2. The number of hydrogen-bond donors (Lipinski definition) is 1. The summed E-state index contributed by atoms with van der Waals surface area (Å²) >= 11 is 5.94. The molecule has 0 spiro atoms. The maximum atomic E-state index is 12.6. The highest BCUT2D eigenvalue weighted by Gasteiger charge is 2.29. The molecule has 2 aromatic rings. The second-order valence-corrected chi connectivity index (χ2v) is 6.39. The first-order chi connectivity index (χ1) is 11.6. The standard InChI is InChI=1S/C19H19ClN2O2/c20-16-9-4-10-17(12-16)21-19(24)22-11-5-8-15(13-22)18(23)14-6-2-1-3-7-14/h1-4,6-7,9-10,12,15H,5,8,11,13H2,(H,21,24). The lowest BCUT2D eigenvalue weighted by molar-refractivity contribution is 0.0851. The number of carbonyl (C=O) groups excluding carboxylic acids is 2. The minimum Gasteiger partial charge on any atom is -0.324 e. The van der Waals surface area contributed by atoms with Crippen molar-refractivity contribution >= 4 is 29.1 Å². The summed E-state index contributed by atoms with van der Waals surface area (Å²) in [5.74, 6) is -0.0397. The highest BCUT2D eigenvalue weighted by Crippen LogP contribution is 2.22. The monoisotopic (exact) mass is 342 g/mol. The maximum absolute atomic E-state index is 12.6. The van der Waals surface area contributed by atoms with Gasteiger partial charge in [-0.1, -0.05) is 48.0 Å². The van der Waals surface area contributed by atoms with Crippen molar-refractivity contribution in [1.29, 1.82) is 0 Å². The Hall–Kier alpha value is -2.33. The van der Waals surface area contributed by atoms with Gasteiger partial charge in [-0.2, -0.15) is 0 Å². The van der Waals surface area contributed by atoms with E-state index < -0.39 is 0 Å². The summed E-state index contributed by atoms with van der Waals surface area (Å²) in [6, 6.07) is 16.1. The fraction of sp³-hybridized carbons (Fsp3) is 0.263. The van der Waals surface area contributed by atoms with Crippen molar-refractivity contribution in [2.75, 3.05) is 18.4 Å². The molecule has 5 heteroatoms. The zero-order chi connectivity index (χ0) is 16.9. The van der Waals surface area contributed by atoms with Crippen LogP contribution in [0.4, 0.5) is 10.5 Å². The number of ketones is 1. The Morgan fingerprint density at radius 2 is 1.88 bits per heavy atom. The number of Topliss-reactive ketones (excluding diaryl/α,β-unsaturated/α-hetero) is 1. The van der Waals surface area contributed by atoms with Crippen LogP contribution in [0.3, 0.4) is 0 Å². The summed E-state index contributed by atoms with van der Waals surface area (Å²) in [6.45, 7) is 1.10. The summed E-state index contributed by atoms with van der Waals surface area (Å²) in [5.41, 5.74) is 1.36. The zero-order valence-electron chi connectivity index (χ0n) is 13.2. The molecular weight excluding hydrogens is 324 g/mol. The van der Waals surface area contributed by atoms with Crippen molar-refractivity contribution in [2.45, 2.75) is 12.8 Å². The highest BCUT2D eigenvalue weighted by molar-refractivity contribution is 6.30. The van der Waals surface area contributed by atoms with E-state index in [-0.39, 0.29) is 17.7 Å². The Kier molecular flexibility index (Phi) is 5.16. The van der Waals surface area contributed by atoms with Crippen LogP contribution in [0.5, 0.6) is 0 Å². The molecule has 0 aliphatic carbocycles. The zero-order valence-corrected chi connectivity index (χ0v) is 14.0. The van der Waals surface area contributed by atoms with Crippen molar-refractivity contribution in [3.05, 3.63) is 65.2 Å². The average molecular weight is 343 g/mol. The molecule has 2 amide bonds. The molecule has 1 unspecified atom stereocenters. The number of rotatable bonds is 3. The third-order valence-corrected chi connectivity index (χ3v) is 4.45. The molecule has 0 bridgehead atoms. The molecule has 1 fully saturated rings. The molecule has 2 aromatic carbocycles. The lowest BCUT2D eigenvalue weighted by Crippen LogP contribution is -2.44. The van der Waals surface area contributed by atoms with Crippen molar-refractivity contribution < 1.29 is 9.59 Å². The van der Waals surface area contributed by atoms with Gasteiger partial charge in [0.1, 0.15) is 0 Å². The first kappa shape index (κ1) is 16.5. The first-order valence-electron chi connectivity index (χ1n) is 8.04. The van der Waals surface area contributed by atoms with Gasteiger partial charge in [0.15, 0.2) is 5.78 Å². The van der Waals surface area contributed by atoms with E-state index in [0.717, 1.165) is 12.8 Å². The SMILES string of the molecule is O=C(c1ccccc1)C1CCCN(C(=O)Nc2cccc(Cl)c2)C1. The number of urea groups is 1. The Labute approximate surface area is 146 Å². The molecule has 0 aromatic heterocycles. The average Bonchev–Trinajstić information content (AvgIpc) is 2.62. The number of halogens is 1. The lowest BCUT2D eigenvalue weighted by atomic mass is 9.90. The third kappa shape index (κ3) is 3.95. The number of amides is 2. The molecule has 1 atom stereocenters. The van der Waals surface area contributed by atoms with Gasteiger partial charge in [0.25, 0.3) is 0 Å². The molecular formula is C19H19ClN2O2. The topological polar surface area (TPSA) is 49.4 Å². The summed E-state index contributed by atoms with van der Waals surface area (Å²) < 4.78 is 0. The van der Waals surface area contributed by atoms with Crippen molar-refractivity contribution in [1.82, 2.24) is 4.90 Å². The van der Waals surface area contributed by atoms with Gasteiger partial charge in [-0.15, -0.1) is 0 Å². The van der Waals surface area contributed by atoms with E-state index in [9.17, 15) is 9.59 Å². The van der Waals surface area contributed by atoms with Crippen LogP contribution in [0.1, 0.15) is 23.2 Å². The van der Waals surface area contributed by atoms with Crippen LogP contribution >= 0.6 is 11.6 Å². The number of nitrogens with zero attached hydrogens (tertiary/aromatic N) is 1. The summed E-state index contributed by atoms with van der Waals surface area (Å²) in [7, 11) is 0. The van der Waals surface area contributed by atoms with Gasteiger partial charge in [-0.3, -0.25) is 4.79 Å². The molecule has 1 N–H and O–H groups in total. The molecule has 0 radical (unpaired) electrons. The largest absolute Gasteiger partial charge is 0.324 e. The number of benzene rings is 2. The lowest BCUT2D eigenvalue weighted by Gasteiger charge is -2.32. The predicted molar refractivity (Wildman–Crippen MR) is 95.5 cm³/mol. The number of anilines is 1. The second kappa shape index (κ2) is 7.49. The second-order valence-electron chi connectivity index (χ2n) is 5.96. The molecule has 1 heterocycles. The number of piperidine rings is 1. The Bertz CT molecular complexity index is 733. The molecule has 24 heavy (non-hydrogen) atoms. The molecule has 1 saturated heterocycles. The Morgan fingerprint density at radius 1 is 1.08 bits per heavy atom. The van der Waals surface area contributed by atoms with E-state index in [0.29, 0.717) is 29.4 Å². The molecule has 124 valence electrons. The van der Waals surface area contributed by atoms with Crippen LogP contribution in [0.2, 0.25) is 5.02 Å². The van der Waals surface area contributed by atoms with Crippen LogP contribution in [0, 0.1) is 5.92 Å². The Morgan fingerprint density at radius 3 is 2.62 bits per heavy atom. The van der Waals surface area contributed by atoms with Gasteiger partial charge < -0.3 is 10.2 Å². The van der Waals surface area contributed by atoms with Crippen molar-refractivity contribution in [2.24, 2.45) is 5.92 Å². The van der Waals surface area contributed by atoms with E-state index in [1.54, 1.807) is 29.2 Å². The molecule has 3 rings (SSSR count). The minimum atomic E-state index is -0.192. The summed E-state index contributed by atoms with van der Waals surface area (Å²) in [4.78, 5) is 26.7. The van der Waals surface area contributed by atoms with Crippen LogP contribution < -0.4 is 5.32 Å². The van der Waals surface area contributed by atoms with Crippen LogP contribution in [0.25, 0.3) is 0 Å². The molecule has 1 aliphatic heterocycles. The fourth-order valence-electron chi connectivity index (χ4n) is 2.98. The number of likely N-dealkylation sites (tertiary alicyclic amines) is 1. The first-order valence-corrected chi connectivity index (χ1v) is 8.42. The van der Waals surface area contributed by atoms with E-state index in [1.807, 2.05) is 30.3 Å². The number of hydrogen-bond acceptors (Lipinski definition) is 2. The van der Waals surface area contributed by atoms with Crippen LogP contribution in [-0.2, 0) is 0 Å². The van der Waals surface area contributed by atoms with Crippen LogP contribution in [0.15, 0.2) is 54.6 Å². The Balaban J connectivity index is 1.65. The normalized spacial score (nSPS) is 17.4. The van der Waals surface area contributed by atoms with E-state index in [1.165, 1.54) is 0 Å². The minimum absolute atomic E-state index is 0.107. The fourth-order valence-corrected chi connectivity index (χ4v) is 3.17. The quantitative estimate of drug-likeness (QED) is 0.837. The smallest absolute Gasteiger partial charge is 0.321 e. The third-order valence-electron chi connectivity index (χ3n) is 4.21. The van der Waals surface area contributed by atoms with Gasteiger partial charge in [-0.25, -0.2) is 4.79 Å². The highest BCUT2D eigenvalue weighted by atomic mass is 35.5. The predicted octanol–water partition coefficient (Wildman–Crippen LogP) is 4.47. The van der Waals surface area contributed by atoms with E-state index in [4.69, 9.17) is 11.6 Å². The summed E-state index contributed by atoms with van der Waals surface area (Å²) in [6.07, 6.45) is 1.64. The van der Waals surface area contributed by atoms with Crippen molar-refractivity contribution in [3.8, 4) is 0 Å². The molecule has 0 saturated carbocycles.